The third-order valence-electron chi connectivity index (χ3n) is 6.68. The van der Waals surface area contributed by atoms with Gasteiger partial charge in [-0.15, -0.1) is 0 Å². The smallest absolute Gasteiger partial charge is 0.261 e. The topological polar surface area (TPSA) is 85.1 Å². The van der Waals surface area contributed by atoms with Gasteiger partial charge in [-0.25, -0.2) is 4.98 Å². The number of rotatable bonds is 7. The van der Waals surface area contributed by atoms with Crippen molar-refractivity contribution in [3.8, 4) is 5.82 Å². The highest BCUT2D eigenvalue weighted by atomic mass is 16.2. The van der Waals surface area contributed by atoms with Gasteiger partial charge in [-0.2, -0.15) is 5.10 Å². The van der Waals surface area contributed by atoms with E-state index in [9.17, 15) is 9.59 Å². The molecule has 8 heteroatoms. The highest BCUT2D eigenvalue weighted by Gasteiger charge is 2.36. The van der Waals surface area contributed by atoms with E-state index in [1.165, 1.54) is 0 Å². The van der Waals surface area contributed by atoms with E-state index in [1.54, 1.807) is 6.20 Å². The number of aromatic nitrogens is 4. The molecule has 184 valence electrons. The van der Waals surface area contributed by atoms with Gasteiger partial charge in [0.2, 0.25) is 0 Å². The highest BCUT2D eigenvalue weighted by molar-refractivity contribution is 6.50. The molecule has 8 nitrogen and oxygen atoms in total. The van der Waals surface area contributed by atoms with Crippen LogP contribution in [0.15, 0.2) is 79.1 Å². The van der Waals surface area contributed by atoms with Crippen LogP contribution in [0.1, 0.15) is 17.7 Å². The SMILES string of the molecule is CN(C)CCCn1nc(C2=C(c3cn(-c4ccccn4)c4ccccc34)C(=O)NC2=O)c2ccccc21. The number of hydrogen-bond acceptors (Lipinski definition) is 5. The molecule has 0 atom stereocenters. The largest absolute Gasteiger partial charge is 0.309 e. The summed E-state index contributed by atoms with van der Waals surface area (Å²) in [5, 5.41) is 9.12. The Bertz CT molecular complexity index is 1690. The van der Waals surface area contributed by atoms with Gasteiger partial charge in [-0.05, 0) is 51.3 Å². The normalized spacial score (nSPS) is 13.9. The lowest BCUT2D eigenvalue weighted by Crippen LogP contribution is -2.22. The van der Waals surface area contributed by atoms with Crippen LogP contribution in [0.25, 0.3) is 38.8 Å². The van der Waals surface area contributed by atoms with Crippen LogP contribution < -0.4 is 5.32 Å². The van der Waals surface area contributed by atoms with E-state index >= 15 is 0 Å². The van der Waals surface area contributed by atoms with Crippen molar-refractivity contribution in [3.05, 3.63) is 90.4 Å². The maximum Gasteiger partial charge on any atom is 0.261 e. The molecule has 2 amide bonds. The molecular weight excluding hydrogens is 464 g/mol. The molecule has 37 heavy (non-hydrogen) atoms. The predicted octanol–water partition coefficient (Wildman–Crippen LogP) is 3.89. The molecule has 0 fully saturated rings. The molecular formula is C29H26N6O2. The molecule has 2 aromatic carbocycles. The number of imide groups is 1. The van der Waals surface area contributed by atoms with E-state index in [4.69, 9.17) is 5.10 Å². The van der Waals surface area contributed by atoms with E-state index in [2.05, 4.69) is 15.2 Å². The number of nitrogens with one attached hydrogen (secondary N) is 1. The van der Waals surface area contributed by atoms with Crippen molar-refractivity contribution in [2.75, 3.05) is 20.6 Å². The second-order valence-corrected chi connectivity index (χ2v) is 9.40. The first-order chi connectivity index (χ1) is 18.0. The number of benzene rings is 2. The Hall–Kier alpha value is -4.56. The summed E-state index contributed by atoms with van der Waals surface area (Å²) in [6.07, 6.45) is 4.53. The van der Waals surface area contributed by atoms with Gasteiger partial charge in [-0.1, -0.05) is 42.5 Å². The lowest BCUT2D eigenvalue weighted by Gasteiger charge is -2.09. The van der Waals surface area contributed by atoms with Gasteiger partial charge in [0.05, 0.1) is 22.2 Å². The molecule has 1 aliphatic rings. The number of amides is 2. The number of nitrogens with zero attached hydrogens (tertiary/aromatic N) is 5. The average molecular weight is 491 g/mol. The van der Waals surface area contributed by atoms with Crippen molar-refractivity contribution < 1.29 is 9.59 Å². The Morgan fingerprint density at radius 1 is 0.838 bits per heavy atom. The van der Waals surface area contributed by atoms with Crippen molar-refractivity contribution in [1.82, 2.24) is 29.5 Å². The van der Waals surface area contributed by atoms with E-state index in [0.717, 1.165) is 40.6 Å². The van der Waals surface area contributed by atoms with Crippen LogP contribution in [-0.2, 0) is 16.1 Å². The number of aryl methyl sites for hydroxylation is 1. The lowest BCUT2D eigenvalue weighted by molar-refractivity contribution is -0.122. The molecule has 1 N–H and O–H groups in total. The van der Waals surface area contributed by atoms with Gasteiger partial charge in [-0.3, -0.25) is 19.6 Å². The number of carbonyl (C=O) groups is 2. The molecule has 5 aromatic rings. The Morgan fingerprint density at radius 2 is 1.54 bits per heavy atom. The van der Waals surface area contributed by atoms with Crippen molar-refractivity contribution in [2.24, 2.45) is 0 Å². The van der Waals surface area contributed by atoms with Gasteiger partial charge in [0.25, 0.3) is 11.8 Å². The minimum absolute atomic E-state index is 0.302. The summed E-state index contributed by atoms with van der Waals surface area (Å²) in [5.74, 6) is -0.124. The number of para-hydroxylation sites is 2. The summed E-state index contributed by atoms with van der Waals surface area (Å²) in [6.45, 7) is 1.62. The quantitative estimate of drug-likeness (QED) is 0.350. The molecule has 0 saturated heterocycles. The molecule has 0 saturated carbocycles. The summed E-state index contributed by atoms with van der Waals surface area (Å²) in [4.78, 5) is 33.2. The van der Waals surface area contributed by atoms with Crippen LogP contribution in [0, 0.1) is 0 Å². The average Bonchev–Trinajstić information content (AvgIpc) is 3.55. The first-order valence-electron chi connectivity index (χ1n) is 12.3. The van der Waals surface area contributed by atoms with Gasteiger partial charge >= 0.3 is 0 Å². The zero-order valence-electron chi connectivity index (χ0n) is 20.7. The molecule has 6 rings (SSSR count). The summed E-state index contributed by atoms with van der Waals surface area (Å²) < 4.78 is 3.88. The standard InChI is InChI=1S/C29H26N6O2/c1-33(2)16-9-17-35-23-13-6-4-11-20(23)27(32-35)26-25(28(36)31-29(26)37)21-18-34(24-14-7-8-15-30-24)22-12-5-3-10-19(21)22/h3-8,10-15,18H,9,16-17H2,1-2H3,(H,31,36,37). The Morgan fingerprint density at radius 3 is 2.30 bits per heavy atom. The lowest BCUT2D eigenvalue weighted by atomic mass is 9.97. The fourth-order valence-corrected chi connectivity index (χ4v) is 5.02. The van der Waals surface area contributed by atoms with E-state index in [-0.39, 0.29) is 0 Å². The van der Waals surface area contributed by atoms with E-state index in [1.807, 2.05) is 96.3 Å². The third kappa shape index (κ3) is 3.91. The van der Waals surface area contributed by atoms with Gasteiger partial charge < -0.3 is 9.47 Å². The van der Waals surface area contributed by atoms with Crippen molar-refractivity contribution >= 4 is 44.8 Å². The first-order valence-corrected chi connectivity index (χ1v) is 12.3. The van der Waals surface area contributed by atoms with Gasteiger partial charge in [0.1, 0.15) is 11.5 Å². The Kier molecular flexibility index (Phi) is 5.65. The minimum Gasteiger partial charge on any atom is -0.309 e. The number of hydrogen-bond donors (Lipinski definition) is 1. The molecule has 0 bridgehead atoms. The predicted molar refractivity (Wildman–Crippen MR) is 144 cm³/mol. The molecule has 0 aliphatic carbocycles. The zero-order valence-corrected chi connectivity index (χ0v) is 20.7. The van der Waals surface area contributed by atoms with Crippen molar-refractivity contribution in [1.29, 1.82) is 0 Å². The maximum absolute atomic E-state index is 13.3. The molecule has 0 unspecified atom stereocenters. The summed E-state index contributed by atoms with van der Waals surface area (Å²) in [6, 6.07) is 21.4. The zero-order chi connectivity index (χ0) is 25.5. The molecule has 0 spiro atoms. The van der Waals surface area contributed by atoms with Crippen LogP contribution >= 0.6 is 0 Å². The highest BCUT2D eigenvalue weighted by Crippen LogP contribution is 2.38. The van der Waals surface area contributed by atoms with E-state index in [0.29, 0.717) is 28.9 Å². The molecule has 3 aromatic heterocycles. The molecule has 4 heterocycles. The van der Waals surface area contributed by atoms with Crippen LogP contribution in [0.4, 0.5) is 0 Å². The third-order valence-corrected chi connectivity index (χ3v) is 6.68. The fraction of sp³-hybridized carbons (Fsp3) is 0.172. The monoisotopic (exact) mass is 490 g/mol. The van der Waals surface area contributed by atoms with Crippen LogP contribution in [0.5, 0.6) is 0 Å². The van der Waals surface area contributed by atoms with Crippen LogP contribution in [0.3, 0.4) is 0 Å². The maximum atomic E-state index is 13.3. The first kappa shape index (κ1) is 22.9. The Labute approximate surface area is 213 Å². The minimum atomic E-state index is -0.432. The Balaban J connectivity index is 1.57. The summed E-state index contributed by atoms with van der Waals surface area (Å²) in [7, 11) is 4.08. The fourth-order valence-electron chi connectivity index (χ4n) is 5.02. The molecule has 0 radical (unpaired) electrons. The number of fused-ring (bicyclic) bond motifs is 2. The number of carbonyl (C=O) groups excluding carboxylic acids is 2. The van der Waals surface area contributed by atoms with Gasteiger partial charge in [0, 0.05) is 35.3 Å². The van der Waals surface area contributed by atoms with Crippen LogP contribution in [0.2, 0.25) is 0 Å². The molecule has 1 aliphatic heterocycles. The summed E-state index contributed by atoms with van der Waals surface area (Å²) in [5.41, 5.74) is 3.66. The van der Waals surface area contributed by atoms with Crippen molar-refractivity contribution in [2.45, 2.75) is 13.0 Å². The van der Waals surface area contributed by atoms with Crippen molar-refractivity contribution in [3.63, 3.8) is 0 Å². The number of pyridine rings is 1. The second-order valence-electron chi connectivity index (χ2n) is 9.40. The second kappa shape index (κ2) is 9.15. The summed E-state index contributed by atoms with van der Waals surface area (Å²) >= 11 is 0. The van der Waals surface area contributed by atoms with E-state index < -0.39 is 11.8 Å². The van der Waals surface area contributed by atoms with Crippen LogP contribution in [-0.4, -0.2) is 56.7 Å². The van der Waals surface area contributed by atoms with Gasteiger partial charge in [0.15, 0.2) is 0 Å².